The first-order valence-corrected chi connectivity index (χ1v) is 8.04. The number of hydrogen-bond acceptors (Lipinski definition) is 4. The van der Waals surface area contributed by atoms with Gasteiger partial charge in [-0.1, -0.05) is 13.8 Å². The summed E-state index contributed by atoms with van der Waals surface area (Å²) < 4.78 is 6.94. The number of carbonyl (C=O) groups is 2. The number of amides is 1. The molecule has 1 saturated heterocycles. The van der Waals surface area contributed by atoms with Gasteiger partial charge in [0.2, 0.25) is 0 Å². The molecule has 0 aliphatic carbocycles. The summed E-state index contributed by atoms with van der Waals surface area (Å²) in [6.07, 6.45) is 1.42. The van der Waals surface area contributed by atoms with Gasteiger partial charge in [0.25, 0.3) is 5.91 Å². The zero-order valence-corrected chi connectivity index (χ0v) is 14.0. The second-order valence-electron chi connectivity index (χ2n) is 6.22. The minimum Gasteiger partial charge on any atom is -0.481 e. The molecule has 23 heavy (non-hydrogen) atoms. The van der Waals surface area contributed by atoms with Crippen LogP contribution in [-0.2, 0) is 16.6 Å². The molecule has 1 amide bonds. The van der Waals surface area contributed by atoms with Crippen molar-refractivity contribution in [3.63, 3.8) is 0 Å². The van der Waals surface area contributed by atoms with Gasteiger partial charge in [0.1, 0.15) is 5.69 Å². The van der Waals surface area contributed by atoms with Gasteiger partial charge in [0.05, 0.1) is 12.1 Å². The van der Waals surface area contributed by atoms with Gasteiger partial charge >= 0.3 is 5.97 Å². The number of hydrogen-bond donors (Lipinski definition) is 1. The smallest absolute Gasteiger partial charge is 0.305 e. The summed E-state index contributed by atoms with van der Waals surface area (Å²) >= 11 is 0. The Morgan fingerprint density at radius 2 is 2.09 bits per heavy atom. The Morgan fingerprint density at radius 3 is 2.61 bits per heavy atom. The van der Waals surface area contributed by atoms with Gasteiger partial charge in [-0.15, -0.1) is 0 Å². The third kappa shape index (κ3) is 4.31. The highest BCUT2D eigenvalue weighted by molar-refractivity contribution is 5.93. The molecular formula is C16H25N3O4. The van der Waals surface area contributed by atoms with Crippen LogP contribution in [0.5, 0.6) is 0 Å². The Labute approximate surface area is 136 Å². The molecule has 1 aliphatic heterocycles. The van der Waals surface area contributed by atoms with Crippen LogP contribution in [0.4, 0.5) is 0 Å². The van der Waals surface area contributed by atoms with Crippen molar-refractivity contribution >= 4 is 11.9 Å². The first-order chi connectivity index (χ1) is 10.9. The SMILES string of the molecule is CC(C)c1cc(C(=O)N(CCC(=O)O)C2CCOCC2)n(C)n1. The Morgan fingerprint density at radius 1 is 1.43 bits per heavy atom. The summed E-state index contributed by atoms with van der Waals surface area (Å²) in [5, 5.41) is 13.3. The van der Waals surface area contributed by atoms with E-state index >= 15 is 0 Å². The molecule has 1 fully saturated rings. The third-order valence-electron chi connectivity index (χ3n) is 4.17. The number of rotatable bonds is 6. The molecule has 0 unspecified atom stereocenters. The fourth-order valence-corrected chi connectivity index (χ4v) is 2.78. The minimum atomic E-state index is -0.900. The van der Waals surface area contributed by atoms with Gasteiger partial charge in [0, 0.05) is 32.8 Å². The molecule has 2 heterocycles. The van der Waals surface area contributed by atoms with Crippen molar-refractivity contribution in [3.8, 4) is 0 Å². The lowest BCUT2D eigenvalue weighted by Crippen LogP contribution is -2.45. The van der Waals surface area contributed by atoms with Crippen LogP contribution in [0.3, 0.4) is 0 Å². The van der Waals surface area contributed by atoms with E-state index in [0.717, 1.165) is 18.5 Å². The Hall–Kier alpha value is -1.89. The zero-order chi connectivity index (χ0) is 17.0. The Kier molecular flexibility index (Phi) is 5.76. The average Bonchev–Trinajstić information content (AvgIpc) is 2.90. The van der Waals surface area contributed by atoms with Crippen LogP contribution in [0.2, 0.25) is 0 Å². The van der Waals surface area contributed by atoms with Crippen LogP contribution in [0, 0.1) is 0 Å². The van der Waals surface area contributed by atoms with Gasteiger partial charge in [-0.25, -0.2) is 0 Å². The van der Waals surface area contributed by atoms with Gasteiger partial charge in [-0.2, -0.15) is 5.10 Å². The second-order valence-corrected chi connectivity index (χ2v) is 6.22. The van der Waals surface area contributed by atoms with Crippen molar-refractivity contribution in [2.45, 2.75) is 45.1 Å². The monoisotopic (exact) mass is 323 g/mol. The van der Waals surface area contributed by atoms with E-state index in [0.29, 0.717) is 18.9 Å². The fourth-order valence-electron chi connectivity index (χ4n) is 2.78. The van der Waals surface area contributed by atoms with Gasteiger partial charge in [-0.3, -0.25) is 14.3 Å². The predicted molar refractivity (Wildman–Crippen MR) is 84.4 cm³/mol. The summed E-state index contributed by atoms with van der Waals surface area (Å²) in [7, 11) is 1.75. The van der Waals surface area contributed by atoms with Crippen molar-refractivity contribution in [1.29, 1.82) is 0 Å². The summed E-state index contributed by atoms with van der Waals surface area (Å²) in [6.45, 7) is 5.46. The lowest BCUT2D eigenvalue weighted by Gasteiger charge is -2.34. The maximum Gasteiger partial charge on any atom is 0.305 e. The highest BCUT2D eigenvalue weighted by Crippen LogP contribution is 2.20. The first kappa shape index (κ1) is 17.5. The quantitative estimate of drug-likeness (QED) is 0.860. The number of ether oxygens (including phenoxy) is 1. The van der Waals surface area contributed by atoms with Gasteiger partial charge in [0.15, 0.2) is 0 Å². The van der Waals surface area contributed by atoms with Crippen molar-refractivity contribution in [3.05, 3.63) is 17.5 Å². The maximum absolute atomic E-state index is 12.9. The van der Waals surface area contributed by atoms with Crippen LogP contribution < -0.4 is 0 Å². The van der Waals surface area contributed by atoms with E-state index in [1.54, 1.807) is 22.7 Å². The first-order valence-electron chi connectivity index (χ1n) is 8.04. The number of carboxylic acids is 1. The maximum atomic E-state index is 12.9. The van der Waals surface area contributed by atoms with Crippen molar-refractivity contribution in [1.82, 2.24) is 14.7 Å². The van der Waals surface area contributed by atoms with Crippen molar-refractivity contribution in [2.24, 2.45) is 7.05 Å². The molecule has 0 bridgehead atoms. The second kappa shape index (κ2) is 7.59. The van der Waals surface area contributed by atoms with Crippen LogP contribution >= 0.6 is 0 Å². The van der Waals surface area contributed by atoms with Crippen LogP contribution in [0.1, 0.15) is 55.2 Å². The fraction of sp³-hybridized carbons (Fsp3) is 0.688. The predicted octanol–water partition coefficient (Wildman–Crippen LogP) is 1.64. The molecule has 1 aromatic rings. The van der Waals surface area contributed by atoms with Gasteiger partial charge < -0.3 is 14.7 Å². The number of carbonyl (C=O) groups excluding carboxylic acids is 1. The molecule has 7 nitrogen and oxygen atoms in total. The molecule has 0 aromatic carbocycles. The lowest BCUT2D eigenvalue weighted by atomic mass is 10.1. The third-order valence-corrected chi connectivity index (χ3v) is 4.17. The zero-order valence-electron chi connectivity index (χ0n) is 14.0. The average molecular weight is 323 g/mol. The largest absolute Gasteiger partial charge is 0.481 e. The highest BCUT2D eigenvalue weighted by Gasteiger charge is 2.29. The number of nitrogens with zero attached hydrogens (tertiary/aromatic N) is 3. The van der Waals surface area contributed by atoms with Crippen LogP contribution in [0.15, 0.2) is 6.07 Å². The minimum absolute atomic E-state index is 0.0213. The normalized spacial score (nSPS) is 15.8. The molecular weight excluding hydrogens is 298 g/mol. The van der Waals surface area contributed by atoms with E-state index in [4.69, 9.17) is 9.84 Å². The lowest BCUT2D eigenvalue weighted by molar-refractivity contribution is -0.137. The molecule has 2 rings (SSSR count). The van der Waals surface area contributed by atoms with E-state index in [-0.39, 0.29) is 30.8 Å². The Balaban J connectivity index is 2.22. The topological polar surface area (TPSA) is 84.7 Å². The summed E-state index contributed by atoms with van der Waals surface area (Å²) in [4.78, 5) is 25.5. The molecule has 1 aliphatic rings. The highest BCUT2D eigenvalue weighted by atomic mass is 16.5. The molecule has 1 aromatic heterocycles. The summed E-state index contributed by atoms with van der Waals surface area (Å²) in [6, 6.07) is 1.83. The molecule has 1 N–H and O–H groups in total. The van der Waals surface area contributed by atoms with Crippen molar-refractivity contribution in [2.75, 3.05) is 19.8 Å². The van der Waals surface area contributed by atoms with Crippen LogP contribution in [0.25, 0.3) is 0 Å². The Bertz CT molecular complexity index is 562. The molecule has 0 radical (unpaired) electrons. The van der Waals surface area contributed by atoms with Crippen molar-refractivity contribution < 1.29 is 19.4 Å². The molecule has 0 saturated carbocycles. The van der Waals surface area contributed by atoms with E-state index in [9.17, 15) is 9.59 Å². The van der Waals surface area contributed by atoms with E-state index < -0.39 is 5.97 Å². The molecule has 0 spiro atoms. The van der Waals surface area contributed by atoms with E-state index in [1.165, 1.54) is 0 Å². The summed E-state index contributed by atoms with van der Waals surface area (Å²) in [5.41, 5.74) is 1.37. The number of aliphatic carboxylic acids is 1. The summed E-state index contributed by atoms with van der Waals surface area (Å²) in [5.74, 6) is -0.818. The molecule has 7 heteroatoms. The van der Waals surface area contributed by atoms with E-state index in [1.807, 2.05) is 13.8 Å². The molecule has 128 valence electrons. The number of aryl methyl sites for hydroxylation is 1. The number of carboxylic acid groups (broad SMARTS) is 1. The van der Waals surface area contributed by atoms with Gasteiger partial charge in [-0.05, 0) is 24.8 Å². The standard InChI is InChI=1S/C16H25N3O4/c1-11(2)13-10-14(18(3)17-13)16(22)19(7-4-15(20)21)12-5-8-23-9-6-12/h10-12H,4-9H2,1-3H3,(H,20,21). The number of aromatic nitrogens is 2. The van der Waals surface area contributed by atoms with Crippen LogP contribution in [-0.4, -0.2) is 57.5 Å². The van der Waals surface area contributed by atoms with E-state index in [2.05, 4.69) is 5.10 Å². The molecule has 0 atom stereocenters.